The van der Waals surface area contributed by atoms with E-state index in [1.165, 1.54) is 6.33 Å². The topological polar surface area (TPSA) is 108 Å². The first-order valence-corrected chi connectivity index (χ1v) is 8.22. The van der Waals surface area contributed by atoms with Crippen LogP contribution in [-0.2, 0) is 0 Å². The molecule has 3 N–H and O–H groups in total. The Bertz CT molecular complexity index is 1060. The number of nitrogens with zero attached hydrogens (tertiary/aromatic N) is 5. The highest BCUT2D eigenvalue weighted by molar-refractivity contribution is 6.00. The zero-order chi connectivity index (χ0) is 17.6. The first kappa shape index (κ1) is 15.4. The zero-order valence-electron chi connectivity index (χ0n) is 14.3. The molecule has 0 fully saturated rings. The molecule has 25 heavy (non-hydrogen) atoms. The van der Waals surface area contributed by atoms with Crippen molar-refractivity contribution >= 4 is 33.6 Å². The van der Waals surface area contributed by atoms with Crippen molar-refractivity contribution in [1.29, 1.82) is 0 Å². The summed E-state index contributed by atoms with van der Waals surface area (Å²) in [7, 11) is 0. The highest BCUT2D eigenvalue weighted by atomic mass is 16.5. The van der Waals surface area contributed by atoms with Crippen LogP contribution in [0.15, 0.2) is 29.0 Å². The van der Waals surface area contributed by atoms with E-state index in [-0.39, 0.29) is 6.04 Å². The molecule has 1 aromatic carbocycles. The lowest BCUT2D eigenvalue weighted by molar-refractivity contribution is 0.459. The van der Waals surface area contributed by atoms with Crippen LogP contribution in [0, 0.1) is 0 Å². The minimum absolute atomic E-state index is 0.153. The van der Waals surface area contributed by atoms with Crippen LogP contribution >= 0.6 is 0 Å². The zero-order valence-corrected chi connectivity index (χ0v) is 14.3. The molecule has 128 valence electrons. The van der Waals surface area contributed by atoms with E-state index in [1.54, 1.807) is 0 Å². The van der Waals surface area contributed by atoms with Crippen LogP contribution in [0.3, 0.4) is 0 Å². The maximum absolute atomic E-state index is 6.11. The summed E-state index contributed by atoms with van der Waals surface area (Å²) in [5.41, 5.74) is 9.16. The average Bonchev–Trinajstić information content (AvgIpc) is 3.17. The number of hydrogen-bond donors (Lipinski definition) is 2. The van der Waals surface area contributed by atoms with E-state index in [4.69, 9.17) is 15.4 Å². The molecule has 0 aliphatic rings. The van der Waals surface area contributed by atoms with Crippen LogP contribution < -0.4 is 11.1 Å². The second kappa shape index (κ2) is 5.73. The second-order valence-electron chi connectivity index (χ2n) is 6.12. The van der Waals surface area contributed by atoms with E-state index in [1.807, 2.05) is 29.8 Å². The van der Waals surface area contributed by atoms with Crippen molar-refractivity contribution < 1.29 is 4.52 Å². The quantitative estimate of drug-likeness (QED) is 0.588. The largest absolute Gasteiger partial charge is 0.383 e. The maximum Gasteiger partial charge on any atom is 0.177 e. The number of rotatable bonds is 4. The summed E-state index contributed by atoms with van der Waals surface area (Å²) in [4.78, 5) is 8.49. The smallest absolute Gasteiger partial charge is 0.177 e. The van der Waals surface area contributed by atoms with Gasteiger partial charge >= 0.3 is 0 Å². The third kappa shape index (κ3) is 2.37. The van der Waals surface area contributed by atoms with Crippen LogP contribution in [0.25, 0.3) is 33.3 Å². The maximum atomic E-state index is 6.11. The Kier molecular flexibility index (Phi) is 3.52. The SMILES string of the molecule is CCNc1noc2cc(-c3nn(C(C)C)c4ncnc(N)c34)ccc12. The molecule has 0 bridgehead atoms. The number of nitrogen functional groups attached to an aromatic ring is 1. The van der Waals surface area contributed by atoms with Gasteiger partial charge in [-0.3, -0.25) is 0 Å². The molecule has 8 heteroatoms. The fourth-order valence-electron chi connectivity index (χ4n) is 2.94. The van der Waals surface area contributed by atoms with Crippen LogP contribution in [0.4, 0.5) is 11.6 Å². The van der Waals surface area contributed by atoms with E-state index in [9.17, 15) is 0 Å². The predicted octanol–water partition coefficient (Wildman–Crippen LogP) is 3.23. The molecule has 4 rings (SSSR count). The number of anilines is 2. The highest BCUT2D eigenvalue weighted by Gasteiger charge is 2.19. The Labute approximate surface area is 144 Å². The van der Waals surface area contributed by atoms with Gasteiger partial charge in [0.25, 0.3) is 0 Å². The molecule has 0 aliphatic carbocycles. The van der Waals surface area contributed by atoms with Crippen LogP contribution in [-0.4, -0.2) is 31.4 Å². The molecule has 0 unspecified atom stereocenters. The molecule has 3 aromatic heterocycles. The first-order chi connectivity index (χ1) is 12.1. The number of benzene rings is 1. The standard InChI is InChI=1S/C17H19N7O/c1-4-19-16-11-6-5-10(7-12(11)25-23-16)14-13-15(18)20-8-21-17(13)24(22-14)9(2)3/h5-9H,4H2,1-3H3,(H,19,23)(H2,18,20,21). The van der Waals surface area contributed by atoms with Gasteiger partial charge in [0.2, 0.25) is 0 Å². The fraction of sp³-hybridized carbons (Fsp3) is 0.294. The minimum Gasteiger partial charge on any atom is -0.383 e. The lowest BCUT2D eigenvalue weighted by atomic mass is 10.1. The van der Waals surface area contributed by atoms with Gasteiger partial charge in [0.15, 0.2) is 17.0 Å². The van der Waals surface area contributed by atoms with Crippen molar-refractivity contribution in [3.05, 3.63) is 24.5 Å². The van der Waals surface area contributed by atoms with Crippen LogP contribution in [0.2, 0.25) is 0 Å². The van der Waals surface area contributed by atoms with E-state index in [2.05, 4.69) is 34.3 Å². The van der Waals surface area contributed by atoms with Crippen molar-refractivity contribution in [2.45, 2.75) is 26.8 Å². The third-order valence-corrected chi connectivity index (χ3v) is 4.10. The molecule has 0 saturated heterocycles. The average molecular weight is 337 g/mol. The summed E-state index contributed by atoms with van der Waals surface area (Å²) < 4.78 is 7.31. The molecular weight excluding hydrogens is 318 g/mol. The lowest BCUT2D eigenvalue weighted by Crippen LogP contribution is -2.04. The molecule has 0 saturated carbocycles. The van der Waals surface area contributed by atoms with Gasteiger partial charge in [-0.15, -0.1) is 0 Å². The highest BCUT2D eigenvalue weighted by Crippen LogP contribution is 2.34. The van der Waals surface area contributed by atoms with Crippen molar-refractivity contribution in [3.8, 4) is 11.3 Å². The van der Waals surface area contributed by atoms with E-state index < -0.39 is 0 Å². The number of nitrogens with two attached hydrogens (primary N) is 1. The van der Waals surface area contributed by atoms with Gasteiger partial charge in [-0.25, -0.2) is 14.6 Å². The molecule has 0 atom stereocenters. The van der Waals surface area contributed by atoms with Gasteiger partial charge in [0, 0.05) is 18.2 Å². The fourth-order valence-corrected chi connectivity index (χ4v) is 2.94. The molecule has 3 heterocycles. The third-order valence-electron chi connectivity index (χ3n) is 4.10. The van der Waals surface area contributed by atoms with E-state index >= 15 is 0 Å². The molecular formula is C17H19N7O. The van der Waals surface area contributed by atoms with Crippen LogP contribution in [0.1, 0.15) is 26.8 Å². The van der Waals surface area contributed by atoms with Crippen molar-refractivity contribution in [3.63, 3.8) is 0 Å². The second-order valence-corrected chi connectivity index (χ2v) is 6.12. The monoisotopic (exact) mass is 337 g/mol. The summed E-state index contributed by atoms with van der Waals surface area (Å²) in [5.74, 6) is 1.15. The summed E-state index contributed by atoms with van der Waals surface area (Å²) in [6.45, 7) is 6.90. The molecule has 8 nitrogen and oxygen atoms in total. The Morgan fingerprint density at radius 3 is 2.88 bits per heavy atom. The van der Waals surface area contributed by atoms with E-state index in [0.717, 1.165) is 40.0 Å². The normalized spacial score (nSPS) is 11.7. The van der Waals surface area contributed by atoms with Crippen LogP contribution in [0.5, 0.6) is 0 Å². The van der Waals surface area contributed by atoms with Gasteiger partial charge in [0.05, 0.1) is 10.8 Å². The number of hydrogen-bond acceptors (Lipinski definition) is 7. The van der Waals surface area contributed by atoms with Gasteiger partial charge in [-0.1, -0.05) is 11.2 Å². The summed E-state index contributed by atoms with van der Waals surface area (Å²) in [6, 6.07) is 6.03. The first-order valence-electron chi connectivity index (χ1n) is 8.22. The van der Waals surface area contributed by atoms with Crippen molar-refractivity contribution in [1.82, 2.24) is 24.9 Å². The Balaban J connectivity index is 1.94. The summed E-state index contributed by atoms with van der Waals surface area (Å²) in [5, 5.41) is 13.7. The van der Waals surface area contributed by atoms with Gasteiger partial charge in [0.1, 0.15) is 17.8 Å². The number of aromatic nitrogens is 5. The minimum atomic E-state index is 0.153. The summed E-state index contributed by atoms with van der Waals surface area (Å²) in [6.07, 6.45) is 1.46. The predicted molar refractivity (Wildman–Crippen MR) is 97.3 cm³/mol. The molecule has 0 radical (unpaired) electrons. The van der Waals surface area contributed by atoms with Gasteiger partial charge < -0.3 is 15.6 Å². The van der Waals surface area contributed by atoms with Crippen molar-refractivity contribution in [2.75, 3.05) is 17.6 Å². The molecule has 4 aromatic rings. The van der Waals surface area contributed by atoms with Crippen molar-refractivity contribution in [2.24, 2.45) is 0 Å². The van der Waals surface area contributed by atoms with E-state index in [0.29, 0.717) is 11.4 Å². The lowest BCUT2D eigenvalue weighted by Gasteiger charge is -2.05. The van der Waals surface area contributed by atoms with Gasteiger partial charge in [-0.2, -0.15) is 5.10 Å². The van der Waals surface area contributed by atoms with Gasteiger partial charge in [-0.05, 0) is 32.9 Å². The molecule has 0 spiro atoms. The Morgan fingerprint density at radius 2 is 2.12 bits per heavy atom. The molecule has 0 amide bonds. The molecule has 0 aliphatic heterocycles. The Morgan fingerprint density at radius 1 is 1.28 bits per heavy atom. The Hall–Kier alpha value is -3.16. The number of fused-ring (bicyclic) bond motifs is 2. The summed E-state index contributed by atoms with van der Waals surface area (Å²) >= 11 is 0. The number of nitrogens with one attached hydrogen (secondary N) is 1.